The summed E-state index contributed by atoms with van der Waals surface area (Å²) in [5.41, 5.74) is -0.247. The fourth-order valence-electron chi connectivity index (χ4n) is 3.08. The van der Waals surface area contributed by atoms with Crippen molar-refractivity contribution in [3.05, 3.63) is 64.5 Å². The lowest BCUT2D eigenvalue weighted by Gasteiger charge is -2.12. The maximum absolute atomic E-state index is 12.3. The van der Waals surface area contributed by atoms with E-state index in [9.17, 15) is 14.7 Å². The fourth-order valence-corrected chi connectivity index (χ4v) is 3.08. The summed E-state index contributed by atoms with van der Waals surface area (Å²) in [6, 6.07) is 13.7. The number of aromatic hydroxyl groups is 1. The summed E-state index contributed by atoms with van der Waals surface area (Å²) in [6.45, 7) is 0. The lowest BCUT2D eigenvalue weighted by atomic mass is 9.96. The fraction of sp³-hybridized carbons (Fsp3) is 0.0526. The van der Waals surface area contributed by atoms with Gasteiger partial charge in [0.2, 0.25) is 0 Å². The molecule has 3 aromatic carbocycles. The molecule has 0 fully saturated rings. The number of phenolic OH excluding ortho intramolecular Hbond substituents is 1. The monoisotopic (exact) mass is 320 g/mol. The maximum Gasteiger partial charge on any atom is 0.344 e. The summed E-state index contributed by atoms with van der Waals surface area (Å²) >= 11 is 0. The first-order valence-corrected chi connectivity index (χ1v) is 7.31. The zero-order valence-corrected chi connectivity index (χ0v) is 12.7. The van der Waals surface area contributed by atoms with Crippen LogP contribution >= 0.6 is 0 Å². The van der Waals surface area contributed by atoms with Crippen LogP contribution in [0.2, 0.25) is 0 Å². The van der Waals surface area contributed by atoms with Crippen LogP contribution in [0.15, 0.2) is 57.7 Å². The molecule has 0 aliphatic heterocycles. The van der Waals surface area contributed by atoms with Crippen LogP contribution in [0.1, 0.15) is 10.4 Å². The average molecular weight is 320 g/mol. The third kappa shape index (κ3) is 1.81. The van der Waals surface area contributed by atoms with E-state index in [2.05, 4.69) is 0 Å². The average Bonchev–Trinajstić information content (AvgIpc) is 2.62. The SMILES string of the molecule is COC(=O)c1c(O)c2ccccc2c2oc(=O)c3ccccc3c12. The summed E-state index contributed by atoms with van der Waals surface area (Å²) in [7, 11) is 1.24. The molecule has 0 spiro atoms. The minimum atomic E-state index is -0.692. The van der Waals surface area contributed by atoms with Gasteiger partial charge in [-0.05, 0) is 6.07 Å². The number of carbonyl (C=O) groups excluding carboxylic acids is 1. The van der Waals surface area contributed by atoms with Crippen LogP contribution in [0.5, 0.6) is 5.75 Å². The van der Waals surface area contributed by atoms with Crippen LogP contribution in [0.3, 0.4) is 0 Å². The Balaban J connectivity index is 2.42. The Bertz CT molecular complexity index is 1190. The number of methoxy groups -OCH3 is 1. The Labute approximate surface area is 135 Å². The van der Waals surface area contributed by atoms with Crippen LogP contribution in [-0.2, 0) is 4.74 Å². The molecule has 0 aliphatic carbocycles. The van der Waals surface area contributed by atoms with Crippen molar-refractivity contribution in [2.24, 2.45) is 0 Å². The molecule has 24 heavy (non-hydrogen) atoms. The zero-order valence-electron chi connectivity index (χ0n) is 12.7. The molecule has 5 heteroatoms. The molecule has 4 aromatic rings. The van der Waals surface area contributed by atoms with Gasteiger partial charge in [0.15, 0.2) is 0 Å². The molecule has 0 aliphatic rings. The van der Waals surface area contributed by atoms with Gasteiger partial charge in [-0.25, -0.2) is 9.59 Å². The molecule has 0 radical (unpaired) electrons. The predicted molar refractivity (Wildman–Crippen MR) is 90.5 cm³/mol. The van der Waals surface area contributed by atoms with Crippen molar-refractivity contribution in [1.29, 1.82) is 0 Å². The predicted octanol–water partition coefficient (Wildman–Crippen LogP) is 3.59. The Hall–Kier alpha value is -3.34. The molecule has 0 amide bonds. The second kappa shape index (κ2) is 5.09. The molecular formula is C19H12O5. The molecule has 0 saturated carbocycles. The zero-order chi connectivity index (χ0) is 16.8. The topological polar surface area (TPSA) is 76.7 Å². The van der Waals surface area contributed by atoms with E-state index in [4.69, 9.17) is 9.15 Å². The lowest BCUT2D eigenvalue weighted by molar-refractivity contribution is 0.0600. The molecule has 0 atom stereocenters. The molecule has 0 unspecified atom stereocenters. The van der Waals surface area contributed by atoms with E-state index in [1.54, 1.807) is 48.5 Å². The molecule has 1 N–H and O–H groups in total. The Morgan fingerprint density at radius 2 is 1.54 bits per heavy atom. The largest absolute Gasteiger partial charge is 0.506 e. The Morgan fingerprint density at radius 3 is 2.21 bits per heavy atom. The van der Waals surface area contributed by atoms with E-state index >= 15 is 0 Å². The second-order valence-corrected chi connectivity index (χ2v) is 5.40. The molecule has 5 nitrogen and oxygen atoms in total. The van der Waals surface area contributed by atoms with Gasteiger partial charge in [-0.3, -0.25) is 0 Å². The van der Waals surface area contributed by atoms with E-state index in [1.165, 1.54) is 7.11 Å². The number of benzene rings is 3. The van der Waals surface area contributed by atoms with Gasteiger partial charge in [0.25, 0.3) is 0 Å². The van der Waals surface area contributed by atoms with Gasteiger partial charge in [-0.15, -0.1) is 0 Å². The van der Waals surface area contributed by atoms with Crippen LogP contribution in [-0.4, -0.2) is 18.2 Å². The first-order valence-electron chi connectivity index (χ1n) is 7.31. The molecular weight excluding hydrogens is 308 g/mol. The van der Waals surface area contributed by atoms with Gasteiger partial charge in [0.05, 0.1) is 12.5 Å². The van der Waals surface area contributed by atoms with Crippen molar-refractivity contribution < 1.29 is 19.1 Å². The van der Waals surface area contributed by atoms with E-state index < -0.39 is 11.6 Å². The third-order valence-corrected chi connectivity index (χ3v) is 4.14. The lowest BCUT2D eigenvalue weighted by Crippen LogP contribution is -2.07. The quantitative estimate of drug-likeness (QED) is 0.329. The van der Waals surface area contributed by atoms with Gasteiger partial charge < -0.3 is 14.3 Å². The highest BCUT2D eigenvalue weighted by Crippen LogP contribution is 2.39. The van der Waals surface area contributed by atoms with Crippen molar-refractivity contribution in [3.63, 3.8) is 0 Å². The van der Waals surface area contributed by atoms with E-state index in [0.29, 0.717) is 26.9 Å². The minimum Gasteiger partial charge on any atom is -0.506 e. The first kappa shape index (κ1) is 14.3. The first-order chi connectivity index (χ1) is 11.6. The van der Waals surface area contributed by atoms with Gasteiger partial charge >= 0.3 is 11.6 Å². The summed E-state index contributed by atoms with van der Waals surface area (Å²) in [5.74, 6) is -0.883. The number of fused-ring (bicyclic) bond motifs is 5. The highest BCUT2D eigenvalue weighted by atomic mass is 16.5. The number of carbonyl (C=O) groups is 1. The number of esters is 1. The van der Waals surface area contributed by atoms with Gasteiger partial charge in [-0.1, -0.05) is 42.5 Å². The summed E-state index contributed by atoms with van der Waals surface area (Å²) < 4.78 is 10.3. The Kier molecular flexibility index (Phi) is 3.03. The molecule has 4 rings (SSSR count). The van der Waals surface area contributed by atoms with Gasteiger partial charge in [-0.2, -0.15) is 0 Å². The number of phenols is 1. The van der Waals surface area contributed by atoms with Crippen molar-refractivity contribution in [3.8, 4) is 5.75 Å². The molecule has 118 valence electrons. The van der Waals surface area contributed by atoms with Crippen LogP contribution in [0.4, 0.5) is 0 Å². The van der Waals surface area contributed by atoms with Crippen LogP contribution < -0.4 is 5.63 Å². The maximum atomic E-state index is 12.3. The molecule has 0 bridgehead atoms. The minimum absolute atomic E-state index is 0.00819. The summed E-state index contributed by atoms with van der Waals surface area (Å²) in [5, 5.41) is 12.9. The smallest absolute Gasteiger partial charge is 0.344 e. The number of rotatable bonds is 1. The van der Waals surface area contributed by atoms with E-state index in [-0.39, 0.29) is 16.9 Å². The third-order valence-electron chi connectivity index (χ3n) is 4.14. The van der Waals surface area contributed by atoms with Gasteiger partial charge in [0.1, 0.15) is 16.9 Å². The molecule has 1 aromatic heterocycles. The standard InChI is InChI=1S/C19H12O5/c1-23-19(22)15-14-10-6-2-5-9-13(10)18(21)24-17(14)12-8-4-3-7-11(12)16(15)20/h2-9,20H,1H3. The highest BCUT2D eigenvalue weighted by molar-refractivity contribution is 6.24. The van der Waals surface area contributed by atoms with E-state index in [1.807, 2.05) is 0 Å². The number of ether oxygens (including phenoxy) is 1. The second-order valence-electron chi connectivity index (χ2n) is 5.40. The summed E-state index contributed by atoms with van der Waals surface area (Å²) in [6.07, 6.45) is 0. The van der Waals surface area contributed by atoms with Crippen molar-refractivity contribution in [1.82, 2.24) is 0 Å². The van der Waals surface area contributed by atoms with Crippen molar-refractivity contribution in [2.75, 3.05) is 7.11 Å². The van der Waals surface area contributed by atoms with Crippen molar-refractivity contribution in [2.45, 2.75) is 0 Å². The molecule has 0 saturated heterocycles. The van der Waals surface area contributed by atoms with Crippen LogP contribution in [0, 0.1) is 0 Å². The highest BCUT2D eigenvalue weighted by Gasteiger charge is 2.24. The summed E-state index contributed by atoms with van der Waals surface area (Å²) in [4.78, 5) is 24.6. The normalized spacial score (nSPS) is 11.2. The number of hydrogen-bond acceptors (Lipinski definition) is 5. The van der Waals surface area contributed by atoms with Crippen molar-refractivity contribution >= 4 is 38.5 Å². The van der Waals surface area contributed by atoms with Crippen LogP contribution in [0.25, 0.3) is 32.5 Å². The van der Waals surface area contributed by atoms with E-state index in [0.717, 1.165) is 0 Å². The Morgan fingerprint density at radius 1 is 0.958 bits per heavy atom. The molecule has 1 heterocycles. The number of hydrogen-bond donors (Lipinski definition) is 1. The van der Waals surface area contributed by atoms with Gasteiger partial charge in [0, 0.05) is 21.5 Å².